The minimum absolute atomic E-state index is 0.0412. The van der Waals surface area contributed by atoms with Gasteiger partial charge in [-0.3, -0.25) is 9.59 Å². The number of allylic oxidation sites excluding steroid dienone is 1. The summed E-state index contributed by atoms with van der Waals surface area (Å²) in [4.78, 5) is 23.4. The molecule has 0 rings (SSSR count). The molecular weight excluding hydrogens is 284 g/mol. The summed E-state index contributed by atoms with van der Waals surface area (Å²) in [6.45, 7) is 0.538. The van der Waals surface area contributed by atoms with Gasteiger partial charge in [0.05, 0.1) is 7.11 Å². The highest BCUT2D eigenvalue weighted by atomic mass is 16.5. The van der Waals surface area contributed by atoms with Crippen molar-refractivity contribution >= 4 is 11.9 Å². The van der Waals surface area contributed by atoms with E-state index < -0.39 is 11.9 Å². The number of esters is 1. The summed E-state index contributed by atoms with van der Waals surface area (Å²) in [5.74, 6) is -1.41. The van der Waals surface area contributed by atoms with Crippen molar-refractivity contribution in [2.75, 3.05) is 26.7 Å². The third kappa shape index (κ3) is 13.4. The quantitative estimate of drug-likeness (QED) is 0.377. The second-order valence-corrected chi connectivity index (χ2v) is 5.31. The number of hydrogen-bond acceptors (Lipinski definition) is 5. The van der Waals surface area contributed by atoms with Crippen LogP contribution in [0, 0.1) is 0 Å². The molecule has 0 aromatic rings. The number of unbranched alkanes of at least 4 members (excludes halogenated alkanes) is 7. The molecule has 0 aliphatic carbocycles. The van der Waals surface area contributed by atoms with E-state index in [1.54, 1.807) is 6.20 Å². The predicted octanol–water partition coefficient (Wildman–Crippen LogP) is 2.14. The van der Waals surface area contributed by atoms with E-state index in [1.807, 2.05) is 6.08 Å². The highest BCUT2D eigenvalue weighted by Gasteiger charge is 2.10. The predicted molar refractivity (Wildman–Crippen MR) is 86.4 cm³/mol. The lowest BCUT2D eigenvalue weighted by molar-refractivity contribution is -0.142. The first-order valence-corrected chi connectivity index (χ1v) is 7.99. The molecule has 0 atom stereocenters. The number of hydrogen-bond donors (Lipinski definition) is 2. The summed E-state index contributed by atoms with van der Waals surface area (Å²) in [6.07, 6.45) is 12.8. The van der Waals surface area contributed by atoms with Gasteiger partial charge >= 0.3 is 11.9 Å². The van der Waals surface area contributed by atoms with E-state index in [1.165, 1.54) is 44.1 Å². The summed E-state index contributed by atoms with van der Waals surface area (Å²) in [7, 11) is 1.29. The Morgan fingerprint density at radius 3 is 2.18 bits per heavy atom. The molecule has 6 nitrogen and oxygen atoms in total. The molecule has 0 saturated heterocycles. The lowest BCUT2D eigenvalue weighted by Crippen LogP contribution is -2.30. The number of carboxylic acids is 1. The summed E-state index contributed by atoms with van der Waals surface area (Å²) in [5, 5.41) is 8.80. The Morgan fingerprint density at radius 2 is 1.64 bits per heavy atom. The van der Waals surface area contributed by atoms with E-state index in [9.17, 15) is 9.59 Å². The van der Waals surface area contributed by atoms with Crippen molar-refractivity contribution in [1.29, 1.82) is 0 Å². The van der Waals surface area contributed by atoms with Crippen molar-refractivity contribution in [3.8, 4) is 0 Å². The zero-order valence-electron chi connectivity index (χ0n) is 13.6. The van der Waals surface area contributed by atoms with Crippen LogP contribution in [0.4, 0.5) is 0 Å². The molecule has 0 amide bonds. The van der Waals surface area contributed by atoms with Gasteiger partial charge in [-0.25, -0.2) is 0 Å². The van der Waals surface area contributed by atoms with Crippen LogP contribution in [0.25, 0.3) is 0 Å². The maximum Gasteiger partial charge on any atom is 0.325 e. The first kappa shape index (κ1) is 20.4. The summed E-state index contributed by atoms with van der Waals surface area (Å²) in [6, 6.07) is 0. The van der Waals surface area contributed by atoms with Gasteiger partial charge in [0.15, 0.2) is 0 Å². The molecule has 3 N–H and O–H groups in total. The Bertz CT molecular complexity index is 332. The number of methoxy groups -OCH3 is 1. The van der Waals surface area contributed by atoms with Crippen LogP contribution in [-0.2, 0) is 14.3 Å². The first-order valence-electron chi connectivity index (χ1n) is 7.99. The van der Waals surface area contributed by atoms with Crippen molar-refractivity contribution in [2.24, 2.45) is 5.73 Å². The average molecular weight is 314 g/mol. The second-order valence-electron chi connectivity index (χ2n) is 5.31. The van der Waals surface area contributed by atoms with Crippen molar-refractivity contribution < 1.29 is 19.4 Å². The van der Waals surface area contributed by atoms with Crippen LogP contribution >= 0.6 is 0 Å². The number of carbonyl (C=O) groups is 2. The molecular formula is C16H30N2O4. The van der Waals surface area contributed by atoms with Crippen LogP contribution in [0.3, 0.4) is 0 Å². The maximum absolute atomic E-state index is 11.2. The standard InChI is InChI=1S/C16H30N2O4/c1-22-16(21)14-18(13-15(19)20)12-10-8-6-4-2-3-5-7-9-11-17/h10,12H,2-9,11,13-14,17H2,1H3,(H,19,20). The molecule has 0 aliphatic rings. The Kier molecular flexibility index (Phi) is 13.4. The summed E-state index contributed by atoms with van der Waals surface area (Å²) in [5.41, 5.74) is 5.44. The smallest absolute Gasteiger partial charge is 0.325 e. The summed E-state index contributed by atoms with van der Waals surface area (Å²) < 4.78 is 4.55. The molecule has 0 spiro atoms. The van der Waals surface area contributed by atoms with Crippen LogP contribution in [0.5, 0.6) is 0 Å². The zero-order chi connectivity index (χ0) is 16.6. The molecule has 0 unspecified atom stereocenters. The Morgan fingerprint density at radius 1 is 1.05 bits per heavy atom. The molecule has 0 aromatic heterocycles. The Labute approximate surface area is 133 Å². The minimum Gasteiger partial charge on any atom is -0.480 e. The van der Waals surface area contributed by atoms with E-state index in [0.29, 0.717) is 0 Å². The van der Waals surface area contributed by atoms with E-state index in [4.69, 9.17) is 10.8 Å². The van der Waals surface area contributed by atoms with Gasteiger partial charge in [-0.05, 0) is 32.0 Å². The highest BCUT2D eigenvalue weighted by Crippen LogP contribution is 2.08. The SMILES string of the molecule is COC(=O)CN(C=CCCCCCCCCCN)CC(=O)O. The van der Waals surface area contributed by atoms with Gasteiger partial charge in [-0.15, -0.1) is 0 Å². The van der Waals surface area contributed by atoms with Gasteiger partial charge in [0.25, 0.3) is 0 Å². The summed E-state index contributed by atoms with van der Waals surface area (Å²) >= 11 is 0. The first-order chi connectivity index (χ1) is 10.6. The van der Waals surface area contributed by atoms with E-state index in [0.717, 1.165) is 25.8 Å². The number of aliphatic carboxylic acids is 1. The van der Waals surface area contributed by atoms with Gasteiger partial charge < -0.3 is 20.5 Å². The van der Waals surface area contributed by atoms with Gasteiger partial charge in [-0.1, -0.05) is 38.2 Å². The van der Waals surface area contributed by atoms with Crippen LogP contribution in [-0.4, -0.2) is 48.7 Å². The number of rotatable bonds is 14. The van der Waals surface area contributed by atoms with E-state index in [-0.39, 0.29) is 13.1 Å². The minimum atomic E-state index is -0.967. The van der Waals surface area contributed by atoms with Crippen molar-refractivity contribution in [1.82, 2.24) is 4.90 Å². The van der Waals surface area contributed by atoms with Crippen LogP contribution in [0.1, 0.15) is 51.4 Å². The topological polar surface area (TPSA) is 92.9 Å². The third-order valence-corrected chi connectivity index (χ3v) is 3.29. The van der Waals surface area contributed by atoms with Crippen molar-refractivity contribution in [3.05, 3.63) is 12.3 Å². The molecule has 0 aliphatic heterocycles. The molecule has 0 saturated carbocycles. The van der Waals surface area contributed by atoms with Gasteiger partial charge in [0.1, 0.15) is 13.1 Å². The third-order valence-electron chi connectivity index (χ3n) is 3.29. The lowest BCUT2D eigenvalue weighted by atomic mass is 10.1. The highest BCUT2D eigenvalue weighted by molar-refractivity contribution is 5.74. The molecule has 0 fully saturated rings. The van der Waals surface area contributed by atoms with Crippen molar-refractivity contribution in [2.45, 2.75) is 51.4 Å². The Hall–Kier alpha value is -1.56. The molecule has 0 radical (unpaired) electrons. The van der Waals surface area contributed by atoms with Gasteiger partial charge in [0, 0.05) is 0 Å². The van der Waals surface area contributed by atoms with Gasteiger partial charge in [0.2, 0.25) is 0 Å². The largest absolute Gasteiger partial charge is 0.480 e. The fraction of sp³-hybridized carbons (Fsp3) is 0.750. The van der Waals surface area contributed by atoms with Crippen molar-refractivity contribution in [3.63, 3.8) is 0 Å². The number of nitrogens with zero attached hydrogens (tertiary/aromatic N) is 1. The number of ether oxygens (including phenoxy) is 1. The lowest BCUT2D eigenvalue weighted by Gasteiger charge is -2.16. The van der Waals surface area contributed by atoms with Crippen LogP contribution in [0.15, 0.2) is 12.3 Å². The fourth-order valence-electron chi connectivity index (χ4n) is 2.08. The molecule has 6 heteroatoms. The van der Waals surface area contributed by atoms with E-state index >= 15 is 0 Å². The number of carboxylic acid groups (broad SMARTS) is 1. The number of carbonyl (C=O) groups excluding carboxylic acids is 1. The molecule has 0 bridgehead atoms. The second kappa shape index (κ2) is 14.4. The molecule has 128 valence electrons. The normalized spacial score (nSPS) is 10.8. The number of nitrogens with two attached hydrogens (primary N) is 1. The molecule has 22 heavy (non-hydrogen) atoms. The van der Waals surface area contributed by atoms with E-state index in [2.05, 4.69) is 4.74 Å². The monoisotopic (exact) mass is 314 g/mol. The van der Waals surface area contributed by atoms with Gasteiger partial charge in [-0.2, -0.15) is 0 Å². The van der Waals surface area contributed by atoms with Crippen LogP contribution < -0.4 is 5.73 Å². The van der Waals surface area contributed by atoms with Crippen LogP contribution in [0.2, 0.25) is 0 Å². The Balaban J connectivity index is 3.76. The molecule has 0 heterocycles. The zero-order valence-corrected chi connectivity index (χ0v) is 13.6. The molecule has 0 aromatic carbocycles. The average Bonchev–Trinajstić information content (AvgIpc) is 2.48. The fourth-order valence-corrected chi connectivity index (χ4v) is 2.08. The maximum atomic E-state index is 11.2.